The summed E-state index contributed by atoms with van der Waals surface area (Å²) in [6, 6.07) is 2.48. The number of carbonyl (C=O) groups is 2. The van der Waals surface area contributed by atoms with Crippen LogP contribution in [0.4, 0.5) is 0 Å². The molecule has 0 aromatic heterocycles. The van der Waals surface area contributed by atoms with Crippen LogP contribution in [0.25, 0.3) is 0 Å². The molecule has 0 spiro atoms. The Morgan fingerprint density at radius 1 is 0.917 bits per heavy atom. The summed E-state index contributed by atoms with van der Waals surface area (Å²) in [6.07, 6.45) is -0.674. The van der Waals surface area contributed by atoms with Crippen LogP contribution in [0.5, 0.6) is 0 Å². The Hall–Kier alpha value is -2.08. The largest absolute Gasteiger partial charge is 0.485 e. The maximum atomic E-state index is 12.4. The van der Waals surface area contributed by atoms with Gasteiger partial charge in [0.2, 0.25) is 11.6 Å². The lowest BCUT2D eigenvalue weighted by atomic mass is 9.93. The molecule has 0 amide bonds. The maximum absolute atomic E-state index is 12.4. The lowest BCUT2D eigenvalue weighted by Gasteiger charge is -2.21. The Kier molecular flexibility index (Phi) is 4.39. The highest BCUT2D eigenvalue weighted by molar-refractivity contribution is 7.91. The van der Waals surface area contributed by atoms with Crippen molar-refractivity contribution in [2.24, 2.45) is 0 Å². The molecule has 0 unspecified atom stereocenters. The molecule has 9 nitrogen and oxygen atoms in total. The molecule has 24 heavy (non-hydrogen) atoms. The molecule has 2 N–H and O–H groups in total. The number of hydrogen-bond acceptors (Lipinski definition) is 7. The van der Waals surface area contributed by atoms with Crippen molar-refractivity contribution in [3.63, 3.8) is 0 Å². The Bertz CT molecular complexity index is 982. The van der Waals surface area contributed by atoms with E-state index in [-0.39, 0.29) is 5.56 Å². The molecule has 0 saturated heterocycles. The highest BCUT2D eigenvalue weighted by Crippen LogP contribution is 2.31. The summed E-state index contributed by atoms with van der Waals surface area (Å²) in [4.78, 5) is 22.8. The summed E-state index contributed by atoms with van der Waals surface area (Å²) < 4.78 is 68.6. The third kappa shape index (κ3) is 3.24. The number of allylic oxidation sites excluding steroid dienone is 2. The van der Waals surface area contributed by atoms with Gasteiger partial charge < -0.3 is 4.74 Å². The van der Waals surface area contributed by atoms with E-state index in [2.05, 4.69) is 0 Å². The SMILES string of the molecule is CC(C)OC1=C(S(=O)(=O)O)C(=O)c2cc(S(=O)(=O)O)ccc2C1=O. The van der Waals surface area contributed by atoms with Crippen LogP contribution in [0.1, 0.15) is 34.6 Å². The van der Waals surface area contributed by atoms with Gasteiger partial charge >= 0.3 is 10.1 Å². The van der Waals surface area contributed by atoms with Crippen molar-refractivity contribution in [2.45, 2.75) is 24.8 Å². The molecule has 0 heterocycles. The molecule has 2 rings (SSSR count). The second-order valence-corrected chi connectivity index (χ2v) is 7.92. The number of benzene rings is 1. The van der Waals surface area contributed by atoms with Gasteiger partial charge in [-0.2, -0.15) is 16.8 Å². The number of fused-ring (bicyclic) bond motifs is 1. The van der Waals surface area contributed by atoms with Crippen molar-refractivity contribution in [1.29, 1.82) is 0 Å². The predicted molar refractivity (Wildman–Crippen MR) is 79.7 cm³/mol. The standard InChI is InChI=1S/C13H12O9S2/c1-6(2)22-12-10(14)8-4-3-7(23(16,17)18)5-9(8)11(15)13(12)24(19,20)21/h3-6H,1-2H3,(H,16,17,18)(H,19,20,21). The first-order chi connectivity index (χ1) is 10.8. The summed E-state index contributed by atoms with van der Waals surface area (Å²) in [5, 5.41) is 0. The monoisotopic (exact) mass is 376 g/mol. The molecule has 0 atom stereocenters. The lowest BCUT2D eigenvalue weighted by molar-refractivity contribution is 0.0804. The fourth-order valence-corrected chi connectivity index (χ4v) is 3.32. The van der Waals surface area contributed by atoms with Gasteiger partial charge in [0.1, 0.15) is 0 Å². The molecule has 1 aromatic rings. The first kappa shape index (κ1) is 18.3. The van der Waals surface area contributed by atoms with E-state index in [1.807, 2.05) is 0 Å². The Labute approximate surface area is 137 Å². The fraction of sp³-hybridized carbons (Fsp3) is 0.231. The predicted octanol–water partition coefficient (Wildman–Crippen LogP) is 0.837. The summed E-state index contributed by atoms with van der Waals surface area (Å²) in [6.45, 7) is 2.95. The number of Topliss-reactive ketones (excluding diaryl/α,β-unsaturated/α-hetero) is 2. The molecule has 1 aliphatic rings. The fourth-order valence-electron chi connectivity index (χ4n) is 2.10. The summed E-state index contributed by atoms with van der Waals surface area (Å²) in [7, 11) is -9.81. The van der Waals surface area contributed by atoms with E-state index in [0.717, 1.165) is 12.1 Å². The van der Waals surface area contributed by atoms with Gasteiger partial charge in [0, 0.05) is 11.1 Å². The molecule has 0 fully saturated rings. The molecule has 1 aromatic carbocycles. The van der Waals surface area contributed by atoms with Crippen LogP contribution >= 0.6 is 0 Å². The number of ether oxygens (including phenoxy) is 1. The summed E-state index contributed by atoms with van der Waals surface area (Å²) >= 11 is 0. The number of carbonyl (C=O) groups excluding carboxylic acids is 2. The van der Waals surface area contributed by atoms with Crippen LogP contribution in [-0.2, 0) is 25.0 Å². The van der Waals surface area contributed by atoms with Crippen LogP contribution in [0.3, 0.4) is 0 Å². The molecule has 11 heteroatoms. The van der Waals surface area contributed by atoms with E-state index in [4.69, 9.17) is 9.29 Å². The first-order valence-electron chi connectivity index (χ1n) is 6.43. The van der Waals surface area contributed by atoms with Gasteiger partial charge in [-0.25, -0.2) is 0 Å². The van der Waals surface area contributed by atoms with E-state index >= 15 is 0 Å². The Morgan fingerprint density at radius 3 is 1.96 bits per heavy atom. The quantitative estimate of drug-likeness (QED) is 0.728. The van der Waals surface area contributed by atoms with Gasteiger partial charge in [-0.15, -0.1) is 0 Å². The minimum atomic E-state index is -5.12. The van der Waals surface area contributed by atoms with Crippen LogP contribution in [0.2, 0.25) is 0 Å². The highest BCUT2D eigenvalue weighted by Gasteiger charge is 2.41. The first-order valence-corrected chi connectivity index (χ1v) is 9.31. The average molecular weight is 376 g/mol. The molecule has 0 aliphatic heterocycles. The van der Waals surface area contributed by atoms with Gasteiger partial charge in [-0.1, -0.05) is 0 Å². The number of rotatable bonds is 4. The maximum Gasteiger partial charge on any atom is 0.302 e. The minimum Gasteiger partial charge on any atom is -0.485 e. The zero-order valence-corrected chi connectivity index (χ0v) is 14.0. The molecular formula is C13H12O9S2. The van der Waals surface area contributed by atoms with Gasteiger partial charge in [-0.3, -0.25) is 18.7 Å². The molecule has 0 saturated carbocycles. The second-order valence-electron chi connectivity index (χ2n) is 5.14. The van der Waals surface area contributed by atoms with E-state index in [9.17, 15) is 31.0 Å². The van der Waals surface area contributed by atoms with E-state index in [0.29, 0.717) is 6.07 Å². The van der Waals surface area contributed by atoms with Crippen molar-refractivity contribution < 1.29 is 40.3 Å². The topological polar surface area (TPSA) is 152 Å². The second kappa shape index (κ2) is 5.77. The normalized spacial score (nSPS) is 15.7. The molecule has 0 bridgehead atoms. The van der Waals surface area contributed by atoms with Gasteiger partial charge in [0.15, 0.2) is 10.7 Å². The van der Waals surface area contributed by atoms with Crippen LogP contribution in [0.15, 0.2) is 33.8 Å². The summed E-state index contributed by atoms with van der Waals surface area (Å²) in [5.41, 5.74) is -0.894. The van der Waals surface area contributed by atoms with E-state index < -0.39 is 59.0 Å². The molecular weight excluding hydrogens is 364 g/mol. The summed E-state index contributed by atoms with van der Waals surface area (Å²) in [5.74, 6) is -3.16. The van der Waals surface area contributed by atoms with Gasteiger partial charge in [0.05, 0.1) is 11.0 Å². The van der Waals surface area contributed by atoms with Crippen molar-refractivity contribution in [1.82, 2.24) is 0 Å². The smallest absolute Gasteiger partial charge is 0.302 e. The number of hydrogen-bond donors (Lipinski definition) is 2. The van der Waals surface area contributed by atoms with Crippen molar-refractivity contribution in [3.05, 3.63) is 40.0 Å². The van der Waals surface area contributed by atoms with Crippen LogP contribution < -0.4 is 0 Å². The van der Waals surface area contributed by atoms with Gasteiger partial charge in [0.25, 0.3) is 10.1 Å². The lowest BCUT2D eigenvalue weighted by Crippen LogP contribution is -2.29. The third-order valence-electron chi connectivity index (χ3n) is 3.01. The van der Waals surface area contributed by atoms with Crippen LogP contribution in [0, 0.1) is 0 Å². The third-order valence-corrected chi connectivity index (χ3v) is 4.74. The minimum absolute atomic E-state index is 0.310. The Morgan fingerprint density at radius 2 is 1.50 bits per heavy atom. The Balaban J connectivity index is 2.80. The zero-order chi connectivity index (χ0) is 18.4. The van der Waals surface area contributed by atoms with Crippen molar-refractivity contribution in [3.8, 4) is 0 Å². The zero-order valence-electron chi connectivity index (χ0n) is 12.4. The molecule has 1 aliphatic carbocycles. The van der Waals surface area contributed by atoms with E-state index in [1.54, 1.807) is 0 Å². The molecule has 0 radical (unpaired) electrons. The van der Waals surface area contributed by atoms with Crippen molar-refractivity contribution >= 4 is 31.8 Å². The molecule has 130 valence electrons. The van der Waals surface area contributed by atoms with Crippen LogP contribution in [-0.4, -0.2) is 43.6 Å². The number of ketones is 2. The van der Waals surface area contributed by atoms with E-state index in [1.165, 1.54) is 13.8 Å². The average Bonchev–Trinajstić information content (AvgIpc) is 2.41. The highest BCUT2D eigenvalue weighted by atomic mass is 32.2. The van der Waals surface area contributed by atoms with Crippen molar-refractivity contribution in [2.75, 3.05) is 0 Å². The van der Waals surface area contributed by atoms with Gasteiger partial charge in [-0.05, 0) is 32.0 Å².